The lowest BCUT2D eigenvalue weighted by Crippen LogP contribution is -2.26. The molecule has 0 saturated heterocycles. The number of hydrogen-bond donors (Lipinski definition) is 3. The van der Waals surface area contributed by atoms with E-state index >= 15 is 0 Å². The lowest BCUT2D eigenvalue weighted by Gasteiger charge is -2.05. The van der Waals surface area contributed by atoms with Crippen LogP contribution >= 0.6 is 0 Å². The van der Waals surface area contributed by atoms with Gasteiger partial charge in [0.1, 0.15) is 11.5 Å². The molecule has 0 saturated carbocycles. The summed E-state index contributed by atoms with van der Waals surface area (Å²) in [5.74, 6) is 5.48. The molecule has 0 spiro atoms. The van der Waals surface area contributed by atoms with E-state index in [0.29, 0.717) is 18.1 Å². The molecule has 0 unspecified atom stereocenters. The average Bonchev–Trinajstić information content (AvgIpc) is 2.84. The molecule has 7 heteroatoms. The Morgan fingerprint density at radius 3 is 3.00 bits per heavy atom. The summed E-state index contributed by atoms with van der Waals surface area (Å²) < 4.78 is 1.73. The molecular formula is C12H16N6O. The topological polar surface area (TPSA) is 97.9 Å². The van der Waals surface area contributed by atoms with Crippen molar-refractivity contribution in [3.63, 3.8) is 0 Å². The quantitative estimate of drug-likeness (QED) is 0.522. The number of anilines is 1. The minimum Gasteiger partial charge on any atom is -0.350 e. The van der Waals surface area contributed by atoms with Crippen LogP contribution in [0.2, 0.25) is 0 Å². The molecular weight excluding hydrogens is 244 g/mol. The van der Waals surface area contributed by atoms with E-state index in [0.717, 1.165) is 12.0 Å². The summed E-state index contributed by atoms with van der Waals surface area (Å²) in [7, 11) is 1.86. The molecule has 0 radical (unpaired) electrons. The number of aryl methyl sites for hydroxylation is 1. The summed E-state index contributed by atoms with van der Waals surface area (Å²) in [4.78, 5) is 15.9. The van der Waals surface area contributed by atoms with Gasteiger partial charge < -0.3 is 10.7 Å². The highest BCUT2D eigenvalue weighted by molar-refractivity contribution is 5.92. The minimum atomic E-state index is -0.221. The van der Waals surface area contributed by atoms with E-state index in [1.165, 1.54) is 0 Å². The fourth-order valence-corrected chi connectivity index (χ4v) is 1.65. The van der Waals surface area contributed by atoms with E-state index < -0.39 is 0 Å². The minimum absolute atomic E-state index is 0.221. The molecule has 4 N–H and O–H groups in total. The van der Waals surface area contributed by atoms with Crippen LogP contribution in [0.4, 0.5) is 5.82 Å². The Balaban J connectivity index is 1.87. The predicted octanol–water partition coefficient (Wildman–Crippen LogP) is 0.0732. The molecule has 0 bridgehead atoms. The van der Waals surface area contributed by atoms with Crippen molar-refractivity contribution < 1.29 is 4.79 Å². The Hall–Kier alpha value is -2.41. The number of pyridine rings is 1. The van der Waals surface area contributed by atoms with Crippen molar-refractivity contribution in [2.75, 3.05) is 12.0 Å². The highest BCUT2D eigenvalue weighted by Gasteiger charge is 2.07. The standard InChI is InChI=1S/C12H16N6O/c1-18-8-9(7-15-18)5-6-14-12(19)10-3-2-4-11(16-10)17-13/h2-4,7-8H,5-6,13H2,1H3,(H,14,19)(H,16,17). The molecule has 2 aromatic rings. The van der Waals surface area contributed by atoms with Crippen LogP contribution in [0.15, 0.2) is 30.6 Å². The van der Waals surface area contributed by atoms with Crippen LogP contribution in [-0.4, -0.2) is 27.2 Å². The fraction of sp³-hybridized carbons (Fsp3) is 0.250. The second-order valence-corrected chi connectivity index (χ2v) is 4.08. The van der Waals surface area contributed by atoms with E-state index in [2.05, 4.69) is 20.8 Å². The Labute approximate surface area is 110 Å². The number of aromatic nitrogens is 3. The SMILES string of the molecule is Cn1cc(CCNC(=O)c2cccc(NN)n2)cn1. The number of nitrogens with two attached hydrogens (primary N) is 1. The summed E-state index contributed by atoms with van der Waals surface area (Å²) >= 11 is 0. The normalized spacial score (nSPS) is 10.2. The summed E-state index contributed by atoms with van der Waals surface area (Å²) in [5.41, 5.74) is 3.82. The maximum Gasteiger partial charge on any atom is 0.269 e. The number of rotatable bonds is 5. The molecule has 0 fully saturated rings. The number of hydrogen-bond acceptors (Lipinski definition) is 5. The van der Waals surface area contributed by atoms with Crippen LogP contribution in [0.5, 0.6) is 0 Å². The van der Waals surface area contributed by atoms with Gasteiger partial charge in [0.05, 0.1) is 6.20 Å². The summed E-state index contributed by atoms with van der Waals surface area (Å²) in [5, 5.41) is 6.87. The van der Waals surface area contributed by atoms with E-state index in [-0.39, 0.29) is 5.91 Å². The van der Waals surface area contributed by atoms with Gasteiger partial charge in [-0.05, 0) is 24.1 Å². The Morgan fingerprint density at radius 1 is 1.47 bits per heavy atom. The zero-order valence-electron chi connectivity index (χ0n) is 10.6. The number of carbonyl (C=O) groups excluding carboxylic acids is 1. The highest BCUT2D eigenvalue weighted by atomic mass is 16.1. The van der Waals surface area contributed by atoms with Crippen LogP contribution in [0.1, 0.15) is 16.1 Å². The van der Waals surface area contributed by atoms with E-state index in [1.807, 2.05) is 13.2 Å². The van der Waals surface area contributed by atoms with E-state index in [9.17, 15) is 4.79 Å². The van der Waals surface area contributed by atoms with Crippen molar-refractivity contribution >= 4 is 11.7 Å². The van der Waals surface area contributed by atoms with Gasteiger partial charge in [-0.2, -0.15) is 5.10 Å². The Kier molecular flexibility index (Phi) is 4.09. The Bertz CT molecular complexity index is 565. The lowest BCUT2D eigenvalue weighted by molar-refractivity contribution is 0.0949. The van der Waals surface area contributed by atoms with Crippen LogP contribution in [0, 0.1) is 0 Å². The third kappa shape index (κ3) is 3.52. The smallest absolute Gasteiger partial charge is 0.269 e. The van der Waals surface area contributed by atoms with Crippen molar-refractivity contribution in [3.8, 4) is 0 Å². The lowest BCUT2D eigenvalue weighted by atomic mass is 10.2. The van der Waals surface area contributed by atoms with E-state index in [4.69, 9.17) is 5.84 Å². The number of nitrogen functional groups attached to an aromatic ring is 1. The first-order valence-corrected chi connectivity index (χ1v) is 5.88. The van der Waals surface area contributed by atoms with Crippen molar-refractivity contribution in [2.45, 2.75) is 6.42 Å². The molecule has 0 aromatic carbocycles. The van der Waals surface area contributed by atoms with Crippen LogP contribution in [0.25, 0.3) is 0 Å². The highest BCUT2D eigenvalue weighted by Crippen LogP contribution is 2.03. The van der Waals surface area contributed by atoms with Gasteiger partial charge in [0.25, 0.3) is 5.91 Å². The predicted molar refractivity (Wildman–Crippen MR) is 71.3 cm³/mol. The third-order valence-electron chi connectivity index (χ3n) is 2.59. The summed E-state index contributed by atoms with van der Waals surface area (Å²) in [6.07, 6.45) is 4.43. The molecule has 0 aliphatic rings. The van der Waals surface area contributed by atoms with E-state index in [1.54, 1.807) is 29.1 Å². The third-order valence-corrected chi connectivity index (χ3v) is 2.59. The van der Waals surface area contributed by atoms with Gasteiger partial charge >= 0.3 is 0 Å². The largest absolute Gasteiger partial charge is 0.350 e. The van der Waals surface area contributed by atoms with Gasteiger partial charge in [-0.3, -0.25) is 9.48 Å². The number of nitrogens with one attached hydrogen (secondary N) is 2. The van der Waals surface area contributed by atoms with Crippen molar-refractivity contribution in [2.24, 2.45) is 12.9 Å². The van der Waals surface area contributed by atoms with Gasteiger partial charge in [-0.25, -0.2) is 10.8 Å². The number of hydrazine groups is 1. The van der Waals surface area contributed by atoms with Gasteiger partial charge in [0, 0.05) is 19.8 Å². The van der Waals surface area contributed by atoms with Crippen molar-refractivity contribution in [1.29, 1.82) is 0 Å². The first-order chi connectivity index (χ1) is 9.19. The van der Waals surface area contributed by atoms with Gasteiger partial charge in [0.2, 0.25) is 0 Å². The average molecular weight is 260 g/mol. The maximum absolute atomic E-state index is 11.8. The molecule has 2 aromatic heterocycles. The molecule has 7 nitrogen and oxygen atoms in total. The molecule has 2 heterocycles. The number of carbonyl (C=O) groups is 1. The Morgan fingerprint density at radius 2 is 2.32 bits per heavy atom. The van der Waals surface area contributed by atoms with Gasteiger partial charge in [0.15, 0.2) is 0 Å². The first-order valence-electron chi connectivity index (χ1n) is 5.88. The zero-order chi connectivity index (χ0) is 13.7. The van der Waals surface area contributed by atoms with Crippen LogP contribution in [-0.2, 0) is 13.5 Å². The summed E-state index contributed by atoms with van der Waals surface area (Å²) in [6.45, 7) is 0.534. The van der Waals surface area contributed by atoms with Gasteiger partial charge in [-0.1, -0.05) is 6.07 Å². The van der Waals surface area contributed by atoms with Crippen LogP contribution < -0.4 is 16.6 Å². The van der Waals surface area contributed by atoms with Crippen molar-refractivity contribution in [1.82, 2.24) is 20.1 Å². The second kappa shape index (κ2) is 5.96. The fourth-order valence-electron chi connectivity index (χ4n) is 1.65. The molecule has 100 valence electrons. The van der Waals surface area contributed by atoms with Crippen molar-refractivity contribution in [3.05, 3.63) is 41.9 Å². The molecule has 0 aliphatic carbocycles. The zero-order valence-corrected chi connectivity index (χ0v) is 10.6. The first kappa shape index (κ1) is 13.0. The van der Waals surface area contributed by atoms with Gasteiger partial charge in [-0.15, -0.1) is 0 Å². The molecule has 2 rings (SSSR count). The maximum atomic E-state index is 11.8. The number of amides is 1. The molecule has 19 heavy (non-hydrogen) atoms. The molecule has 1 amide bonds. The second-order valence-electron chi connectivity index (χ2n) is 4.08. The summed E-state index contributed by atoms with van der Waals surface area (Å²) in [6, 6.07) is 5.05. The molecule has 0 atom stereocenters. The number of nitrogens with zero attached hydrogens (tertiary/aromatic N) is 3. The monoisotopic (exact) mass is 260 g/mol. The van der Waals surface area contributed by atoms with Crippen LogP contribution in [0.3, 0.4) is 0 Å². The molecule has 0 aliphatic heterocycles.